The second-order valence-corrected chi connectivity index (χ2v) is 6.76. The highest BCUT2D eigenvalue weighted by atomic mass is 79.9. The SMILES string of the molecule is Cn1nc(C(=O)N=Nc2c(O)[nH]c3ccc(Br)cc23)c2ccccc2c1=O. The summed E-state index contributed by atoms with van der Waals surface area (Å²) in [5.74, 6) is -0.913. The highest BCUT2D eigenvalue weighted by molar-refractivity contribution is 9.10. The van der Waals surface area contributed by atoms with Crippen molar-refractivity contribution in [2.75, 3.05) is 0 Å². The molecular formula is C18H12BrN5O3. The molecule has 2 heterocycles. The number of halogens is 1. The van der Waals surface area contributed by atoms with Gasteiger partial charge in [-0.2, -0.15) is 5.10 Å². The summed E-state index contributed by atoms with van der Waals surface area (Å²) in [5, 5.41) is 23.1. The molecule has 0 saturated carbocycles. The Balaban J connectivity index is 1.81. The fourth-order valence-corrected chi connectivity index (χ4v) is 3.20. The molecule has 0 bridgehead atoms. The summed E-state index contributed by atoms with van der Waals surface area (Å²) in [6.07, 6.45) is 0. The van der Waals surface area contributed by atoms with E-state index < -0.39 is 5.91 Å². The third kappa shape index (κ3) is 2.91. The van der Waals surface area contributed by atoms with Crippen LogP contribution in [0.5, 0.6) is 5.88 Å². The van der Waals surface area contributed by atoms with Crippen LogP contribution in [0.25, 0.3) is 21.7 Å². The second kappa shape index (κ2) is 6.44. The van der Waals surface area contributed by atoms with E-state index in [-0.39, 0.29) is 22.8 Å². The summed E-state index contributed by atoms with van der Waals surface area (Å²) in [6, 6.07) is 12.0. The largest absolute Gasteiger partial charge is 0.493 e. The van der Waals surface area contributed by atoms with Crippen LogP contribution < -0.4 is 5.56 Å². The summed E-state index contributed by atoms with van der Waals surface area (Å²) < 4.78 is 1.88. The minimum absolute atomic E-state index is 0.0111. The predicted molar refractivity (Wildman–Crippen MR) is 103 cm³/mol. The zero-order valence-electron chi connectivity index (χ0n) is 14.0. The van der Waals surface area contributed by atoms with Gasteiger partial charge in [0.1, 0.15) is 0 Å². The minimum atomic E-state index is -0.717. The van der Waals surface area contributed by atoms with E-state index >= 15 is 0 Å². The number of azo groups is 1. The lowest BCUT2D eigenvalue weighted by Crippen LogP contribution is -2.22. The van der Waals surface area contributed by atoms with Gasteiger partial charge in [-0.15, -0.1) is 10.2 Å². The van der Waals surface area contributed by atoms with Crippen LogP contribution in [0, 0.1) is 0 Å². The van der Waals surface area contributed by atoms with Crippen molar-refractivity contribution in [2.24, 2.45) is 17.3 Å². The summed E-state index contributed by atoms with van der Waals surface area (Å²) >= 11 is 3.36. The lowest BCUT2D eigenvalue weighted by molar-refractivity contribution is 0.0990. The van der Waals surface area contributed by atoms with E-state index in [4.69, 9.17) is 0 Å². The zero-order valence-corrected chi connectivity index (χ0v) is 15.6. The number of rotatable bonds is 2. The monoisotopic (exact) mass is 425 g/mol. The molecule has 8 nitrogen and oxygen atoms in total. The number of nitrogens with one attached hydrogen (secondary N) is 1. The second-order valence-electron chi connectivity index (χ2n) is 5.84. The van der Waals surface area contributed by atoms with Gasteiger partial charge in [0.25, 0.3) is 5.56 Å². The van der Waals surface area contributed by atoms with Gasteiger partial charge in [0.15, 0.2) is 11.4 Å². The number of aromatic hydroxyl groups is 1. The number of carbonyl (C=O) groups excluding carboxylic acids is 1. The summed E-state index contributed by atoms with van der Waals surface area (Å²) in [4.78, 5) is 27.5. The average Bonchev–Trinajstić information content (AvgIpc) is 2.97. The van der Waals surface area contributed by atoms with Crippen molar-refractivity contribution < 1.29 is 9.90 Å². The van der Waals surface area contributed by atoms with Gasteiger partial charge in [-0.25, -0.2) is 4.68 Å². The topological polar surface area (TPSA) is 113 Å². The maximum atomic E-state index is 12.6. The van der Waals surface area contributed by atoms with Crippen molar-refractivity contribution in [3.63, 3.8) is 0 Å². The van der Waals surface area contributed by atoms with Crippen LogP contribution in [0.2, 0.25) is 0 Å². The van der Waals surface area contributed by atoms with Crippen LogP contribution >= 0.6 is 15.9 Å². The molecule has 27 heavy (non-hydrogen) atoms. The van der Waals surface area contributed by atoms with Gasteiger partial charge in [-0.05, 0) is 24.3 Å². The molecule has 4 aromatic rings. The Morgan fingerprint density at radius 3 is 2.70 bits per heavy atom. The molecule has 9 heteroatoms. The third-order valence-corrected chi connectivity index (χ3v) is 4.61. The number of aromatic amines is 1. The zero-order chi connectivity index (χ0) is 19.1. The van der Waals surface area contributed by atoms with Crippen LogP contribution in [0.4, 0.5) is 5.69 Å². The highest BCUT2D eigenvalue weighted by Gasteiger charge is 2.16. The average molecular weight is 426 g/mol. The molecule has 0 saturated heterocycles. The number of nitrogens with zero attached hydrogens (tertiary/aromatic N) is 4. The van der Waals surface area contributed by atoms with E-state index in [0.717, 1.165) is 9.15 Å². The quantitative estimate of drug-likeness (QED) is 0.475. The Morgan fingerprint density at radius 1 is 1.19 bits per heavy atom. The number of fused-ring (bicyclic) bond motifs is 2. The van der Waals surface area contributed by atoms with Crippen molar-refractivity contribution >= 4 is 49.2 Å². The number of benzene rings is 2. The minimum Gasteiger partial charge on any atom is -0.493 e. The fourth-order valence-electron chi connectivity index (χ4n) is 2.84. The molecule has 0 aliphatic heterocycles. The molecular weight excluding hydrogens is 414 g/mol. The first-order valence-corrected chi connectivity index (χ1v) is 8.67. The van der Waals surface area contributed by atoms with Crippen molar-refractivity contribution in [3.8, 4) is 5.88 Å². The molecule has 134 valence electrons. The predicted octanol–water partition coefficient (Wildman–Crippen LogP) is 3.81. The van der Waals surface area contributed by atoms with Crippen molar-refractivity contribution in [1.29, 1.82) is 0 Å². The van der Waals surface area contributed by atoms with E-state index in [1.165, 1.54) is 7.05 Å². The number of amides is 1. The molecule has 1 amide bonds. The van der Waals surface area contributed by atoms with Gasteiger partial charge >= 0.3 is 5.91 Å². The third-order valence-electron chi connectivity index (χ3n) is 4.11. The first-order chi connectivity index (χ1) is 13.0. The van der Waals surface area contributed by atoms with Gasteiger partial charge in [-0.1, -0.05) is 34.1 Å². The Bertz CT molecular complexity index is 1310. The standard InChI is InChI=1S/C18H12BrN5O3/c1-24-18(27)11-5-3-2-4-10(11)15(23-24)17(26)22-21-14-12-8-9(19)6-7-13(12)20-16(14)25/h2-8,20,25H,1H3. The number of aromatic nitrogens is 3. The summed E-state index contributed by atoms with van der Waals surface area (Å²) in [6.45, 7) is 0. The number of hydrogen-bond donors (Lipinski definition) is 2. The first-order valence-electron chi connectivity index (χ1n) is 7.88. The lowest BCUT2D eigenvalue weighted by atomic mass is 10.1. The Kier molecular flexibility index (Phi) is 4.08. The highest BCUT2D eigenvalue weighted by Crippen LogP contribution is 2.36. The van der Waals surface area contributed by atoms with Gasteiger partial charge < -0.3 is 10.1 Å². The molecule has 0 aliphatic rings. The Labute approximate surface area is 160 Å². The summed E-state index contributed by atoms with van der Waals surface area (Å²) in [7, 11) is 1.46. The van der Waals surface area contributed by atoms with Gasteiger partial charge in [0.05, 0.1) is 10.9 Å². The molecule has 0 unspecified atom stereocenters. The fraction of sp³-hybridized carbons (Fsp3) is 0.0556. The molecule has 2 N–H and O–H groups in total. The number of aryl methyl sites for hydroxylation is 1. The molecule has 0 fully saturated rings. The molecule has 0 spiro atoms. The van der Waals surface area contributed by atoms with Crippen LogP contribution in [0.3, 0.4) is 0 Å². The molecule has 2 aromatic carbocycles. The van der Waals surface area contributed by atoms with Gasteiger partial charge in [0, 0.05) is 22.3 Å². The summed E-state index contributed by atoms with van der Waals surface area (Å²) in [5.41, 5.74) is 0.506. The van der Waals surface area contributed by atoms with Gasteiger partial charge in [-0.3, -0.25) is 9.59 Å². The van der Waals surface area contributed by atoms with Crippen LogP contribution in [-0.4, -0.2) is 25.8 Å². The lowest BCUT2D eigenvalue weighted by Gasteiger charge is -2.04. The van der Waals surface area contributed by atoms with E-state index in [9.17, 15) is 14.7 Å². The number of H-pyrrole nitrogens is 1. The molecule has 2 aromatic heterocycles. The first kappa shape index (κ1) is 17.1. The van der Waals surface area contributed by atoms with Crippen LogP contribution in [-0.2, 0) is 7.05 Å². The molecule has 4 rings (SSSR count). The van der Waals surface area contributed by atoms with Crippen molar-refractivity contribution in [3.05, 3.63) is 63.0 Å². The number of hydrogen-bond acceptors (Lipinski definition) is 5. The van der Waals surface area contributed by atoms with E-state index in [1.807, 2.05) is 6.07 Å². The van der Waals surface area contributed by atoms with Crippen molar-refractivity contribution in [1.82, 2.24) is 14.8 Å². The molecule has 0 aliphatic carbocycles. The van der Waals surface area contributed by atoms with E-state index in [1.54, 1.807) is 36.4 Å². The van der Waals surface area contributed by atoms with Crippen LogP contribution in [0.15, 0.2) is 62.0 Å². The molecule has 0 radical (unpaired) electrons. The maximum absolute atomic E-state index is 12.6. The van der Waals surface area contributed by atoms with E-state index in [0.29, 0.717) is 21.7 Å². The van der Waals surface area contributed by atoms with Crippen LogP contribution in [0.1, 0.15) is 10.5 Å². The normalized spacial score (nSPS) is 11.6. The van der Waals surface area contributed by atoms with Crippen molar-refractivity contribution in [2.45, 2.75) is 0 Å². The van der Waals surface area contributed by atoms with Gasteiger partial charge in [0.2, 0.25) is 5.88 Å². The smallest absolute Gasteiger partial charge is 0.316 e. The Hall–Kier alpha value is -3.33. The number of carbonyl (C=O) groups is 1. The molecule has 0 atom stereocenters. The maximum Gasteiger partial charge on any atom is 0.316 e. The Morgan fingerprint density at radius 2 is 1.93 bits per heavy atom. The van der Waals surface area contributed by atoms with E-state index in [2.05, 4.69) is 36.2 Å².